The van der Waals surface area contributed by atoms with Crippen LogP contribution in [0.25, 0.3) is 0 Å². The van der Waals surface area contributed by atoms with E-state index in [0.717, 1.165) is 28.9 Å². The Kier molecular flexibility index (Phi) is 4.58. The van der Waals surface area contributed by atoms with Crippen LogP contribution in [0.3, 0.4) is 0 Å². The number of halogens is 4. The van der Waals surface area contributed by atoms with Gasteiger partial charge in [-0.2, -0.15) is 13.2 Å². The van der Waals surface area contributed by atoms with Gasteiger partial charge in [-0.1, -0.05) is 28.1 Å². The van der Waals surface area contributed by atoms with E-state index in [9.17, 15) is 18.0 Å². The molecule has 1 aliphatic rings. The molecule has 2 atom stereocenters. The summed E-state index contributed by atoms with van der Waals surface area (Å²) in [5.74, 6) is -0.754. The van der Waals surface area contributed by atoms with Gasteiger partial charge in [-0.05, 0) is 30.5 Å². The zero-order chi connectivity index (χ0) is 17.3. The molecule has 8 heteroatoms. The molecule has 0 radical (unpaired) electrons. The molecule has 0 saturated heterocycles. The van der Waals surface area contributed by atoms with Crippen molar-refractivity contribution in [3.8, 4) is 0 Å². The van der Waals surface area contributed by atoms with Crippen LogP contribution in [0.5, 0.6) is 0 Å². The van der Waals surface area contributed by atoms with E-state index in [0.29, 0.717) is 6.42 Å². The van der Waals surface area contributed by atoms with E-state index in [1.54, 1.807) is 0 Å². The predicted octanol–water partition coefficient (Wildman–Crippen LogP) is 3.93. The molecule has 1 fully saturated rings. The van der Waals surface area contributed by atoms with E-state index in [-0.39, 0.29) is 12.0 Å². The number of benzene rings is 1. The number of nitrogens with zero attached hydrogens (tertiary/aromatic N) is 2. The number of nitrogens with one attached hydrogen (secondary N) is 1. The number of rotatable bonds is 3. The summed E-state index contributed by atoms with van der Waals surface area (Å²) in [6.07, 6.45) is -1.12. The van der Waals surface area contributed by atoms with Gasteiger partial charge in [0.25, 0.3) is 5.91 Å². The van der Waals surface area contributed by atoms with Gasteiger partial charge in [0.05, 0.1) is 0 Å². The molecule has 1 heterocycles. The maximum atomic E-state index is 12.9. The lowest BCUT2D eigenvalue weighted by Gasteiger charge is -2.37. The third-order valence-electron chi connectivity index (χ3n) is 4.07. The Hall–Kier alpha value is -1.96. The zero-order valence-corrected chi connectivity index (χ0v) is 13.9. The summed E-state index contributed by atoms with van der Waals surface area (Å²) in [7, 11) is 0. The van der Waals surface area contributed by atoms with Crippen molar-refractivity contribution < 1.29 is 18.0 Å². The molecule has 0 aliphatic heterocycles. The average Bonchev–Trinajstić information content (AvgIpc) is 2.52. The predicted molar refractivity (Wildman–Crippen MR) is 84.4 cm³/mol. The summed E-state index contributed by atoms with van der Waals surface area (Å²) >= 11 is 3.36. The van der Waals surface area contributed by atoms with Crippen LogP contribution in [0.2, 0.25) is 0 Å². The standard InChI is InChI=1S/C16H13BrF3N3O/c17-10-3-1-9(2-4-10)11-5-6-12(11)23-15(24)13-14(16(18,19)20)22-8-7-21-13/h1-4,7-8,11-12H,5-6H2,(H,23,24)/t11-,12-/m0/s1. The summed E-state index contributed by atoms with van der Waals surface area (Å²) in [4.78, 5) is 19.0. The normalized spacial score (nSPS) is 20.3. The van der Waals surface area contributed by atoms with E-state index >= 15 is 0 Å². The molecule has 4 nitrogen and oxygen atoms in total. The SMILES string of the molecule is O=C(N[C@H]1CC[C@H]1c1ccc(Br)cc1)c1nccnc1C(F)(F)F. The highest BCUT2D eigenvalue weighted by Gasteiger charge is 2.40. The Morgan fingerprint density at radius 3 is 2.38 bits per heavy atom. The van der Waals surface area contributed by atoms with Crippen LogP contribution in [0.15, 0.2) is 41.1 Å². The third kappa shape index (κ3) is 3.43. The first-order valence-corrected chi connectivity index (χ1v) is 8.10. The lowest BCUT2D eigenvalue weighted by molar-refractivity contribution is -0.141. The highest BCUT2D eigenvalue weighted by Crippen LogP contribution is 2.37. The van der Waals surface area contributed by atoms with E-state index in [1.165, 1.54) is 0 Å². The number of alkyl halides is 3. The maximum Gasteiger partial charge on any atom is 0.435 e. The van der Waals surface area contributed by atoms with Crippen LogP contribution < -0.4 is 5.32 Å². The van der Waals surface area contributed by atoms with Crippen molar-refractivity contribution in [3.05, 3.63) is 58.1 Å². The molecule has 1 aromatic carbocycles. The fourth-order valence-electron chi connectivity index (χ4n) is 2.73. The Bertz CT molecular complexity index is 749. The summed E-state index contributed by atoms with van der Waals surface area (Å²) < 4.78 is 39.7. The highest BCUT2D eigenvalue weighted by molar-refractivity contribution is 9.10. The lowest BCUT2D eigenvalue weighted by Crippen LogP contribution is -2.46. The minimum absolute atomic E-state index is 0.0908. The first-order valence-electron chi connectivity index (χ1n) is 7.31. The maximum absolute atomic E-state index is 12.9. The molecule has 1 saturated carbocycles. The van der Waals surface area contributed by atoms with E-state index in [1.807, 2.05) is 24.3 Å². The molecule has 2 aromatic rings. The number of aromatic nitrogens is 2. The van der Waals surface area contributed by atoms with Gasteiger partial charge in [0.1, 0.15) is 0 Å². The molecular formula is C16H13BrF3N3O. The smallest absolute Gasteiger partial charge is 0.347 e. The van der Waals surface area contributed by atoms with Crippen molar-refractivity contribution in [2.45, 2.75) is 31.0 Å². The Morgan fingerprint density at radius 2 is 1.79 bits per heavy atom. The molecule has 1 aromatic heterocycles. The molecule has 0 unspecified atom stereocenters. The van der Waals surface area contributed by atoms with Gasteiger partial charge in [0, 0.05) is 28.8 Å². The van der Waals surface area contributed by atoms with Crippen molar-refractivity contribution in [3.63, 3.8) is 0 Å². The van der Waals surface area contributed by atoms with Gasteiger partial charge in [-0.3, -0.25) is 4.79 Å². The second kappa shape index (κ2) is 6.51. The van der Waals surface area contributed by atoms with Crippen molar-refractivity contribution >= 4 is 21.8 Å². The number of hydrogen-bond donors (Lipinski definition) is 1. The summed E-state index contributed by atoms with van der Waals surface area (Å²) in [5.41, 5.74) is -0.904. The minimum atomic E-state index is -4.72. The molecule has 1 amide bonds. The van der Waals surface area contributed by atoms with Gasteiger partial charge in [0.2, 0.25) is 0 Å². The van der Waals surface area contributed by atoms with E-state index in [4.69, 9.17) is 0 Å². The first-order chi connectivity index (χ1) is 11.4. The zero-order valence-electron chi connectivity index (χ0n) is 12.3. The van der Waals surface area contributed by atoms with Gasteiger partial charge >= 0.3 is 6.18 Å². The molecule has 1 N–H and O–H groups in total. The molecule has 24 heavy (non-hydrogen) atoms. The highest BCUT2D eigenvalue weighted by atomic mass is 79.9. The molecule has 1 aliphatic carbocycles. The Morgan fingerprint density at radius 1 is 1.12 bits per heavy atom. The van der Waals surface area contributed by atoms with Crippen LogP contribution in [-0.4, -0.2) is 21.9 Å². The molecular weight excluding hydrogens is 387 g/mol. The second-order valence-corrected chi connectivity index (χ2v) is 6.48. The van der Waals surface area contributed by atoms with Crippen LogP contribution in [0.1, 0.15) is 40.5 Å². The van der Waals surface area contributed by atoms with Gasteiger partial charge in [-0.15, -0.1) is 0 Å². The largest absolute Gasteiger partial charge is 0.435 e. The van der Waals surface area contributed by atoms with Crippen LogP contribution in [0.4, 0.5) is 13.2 Å². The monoisotopic (exact) mass is 399 g/mol. The van der Waals surface area contributed by atoms with Gasteiger partial charge in [-0.25, -0.2) is 9.97 Å². The summed E-state index contributed by atoms with van der Waals surface area (Å²) in [5, 5.41) is 2.66. The molecule has 0 bridgehead atoms. The fourth-order valence-corrected chi connectivity index (χ4v) is 2.99. The Balaban J connectivity index is 1.75. The van der Waals surface area contributed by atoms with Crippen molar-refractivity contribution in [1.29, 1.82) is 0 Å². The number of amides is 1. The molecule has 3 rings (SSSR count). The van der Waals surface area contributed by atoms with Gasteiger partial charge < -0.3 is 5.32 Å². The number of hydrogen-bond acceptors (Lipinski definition) is 3. The average molecular weight is 400 g/mol. The number of carbonyl (C=O) groups is 1. The Labute approximate surface area is 144 Å². The van der Waals surface area contributed by atoms with Crippen molar-refractivity contribution in [2.24, 2.45) is 0 Å². The summed E-state index contributed by atoms with van der Waals surface area (Å²) in [6.45, 7) is 0. The molecule has 126 valence electrons. The number of carbonyl (C=O) groups excluding carboxylic acids is 1. The van der Waals surface area contributed by atoms with Crippen molar-refractivity contribution in [2.75, 3.05) is 0 Å². The van der Waals surface area contributed by atoms with Crippen LogP contribution in [0, 0.1) is 0 Å². The minimum Gasteiger partial charge on any atom is -0.347 e. The topological polar surface area (TPSA) is 54.9 Å². The van der Waals surface area contributed by atoms with E-state index in [2.05, 4.69) is 31.2 Å². The first kappa shape index (κ1) is 16.9. The third-order valence-corrected chi connectivity index (χ3v) is 4.60. The van der Waals surface area contributed by atoms with Crippen LogP contribution in [-0.2, 0) is 6.18 Å². The lowest BCUT2D eigenvalue weighted by atomic mass is 9.75. The van der Waals surface area contributed by atoms with Gasteiger partial charge in [0.15, 0.2) is 11.4 Å². The van der Waals surface area contributed by atoms with Crippen LogP contribution >= 0.6 is 15.9 Å². The van der Waals surface area contributed by atoms with Crippen molar-refractivity contribution in [1.82, 2.24) is 15.3 Å². The second-order valence-electron chi connectivity index (χ2n) is 5.57. The molecule has 0 spiro atoms. The quantitative estimate of drug-likeness (QED) is 0.850. The fraction of sp³-hybridized carbons (Fsp3) is 0.312. The van der Waals surface area contributed by atoms with E-state index < -0.39 is 23.5 Å². The summed E-state index contributed by atoms with van der Waals surface area (Å²) in [6, 6.07) is 7.47.